The predicted molar refractivity (Wildman–Crippen MR) is 59.1 cm³/mol. The number of hydrogen-bond acceptors (Lipinski definition) is 1. The minimum absolute atomic E-state index is 0.155. The Bertz CT molecular complexity index is 338. The van der Waals surface area contributed by atoms with Crippen LogP contribution >= 0.6 is 0 Å². The zero-order valence-corrected chi connectivity index (χ0v) is 8.89. The molecule has 0 saturated carbocycles. The van der Waals surface area contributed by atoms with Crippen molar-refractivity contribution < 1.29 is 4.39 Å². The molecule has 0 aromatic heterocycles. The SMILES string of the molecule is CC(C)=CCNc1ccc(F)c(C)c1. The van der Waals surface area contributed by atoms with Crippen molar-refractivity contribution >= 4 is 5.69 Å². The maximum absolute atomic E-state index is 12.9. The summed E-state index contributed by atoms with van der Waals surface area (Å²) in [6.45, 7) is 6.66. The van der Waals surface area contributed by atoms with Crippen molar-refractivity contribution in [3.63, 3.8) is 0 Å². The molecule has 14 heavy (non-hydrogen) atoms. The molecule has 0 fully saturated rings. The first kappa shape index (κ1) is 10.8. The van der Waals surface area contributed by atoms with Crippen molar-refractivity contribution in [3.05, 3.63) is 41.2 Å². The Labute approximate surface area is 84.6 Å². The van der Waals surface area contributed by atoms with Crippen molar-refractivity contribution in [2.24, 2.45) is 0 Å². The van der Waals surface area contributed by atoms with Gasteiger partial charge in [0.15, 0.2) is 0 Å². The highest BCUT2D eigenvalue weighted by molar-refractivity contribution is 5.46. The number of aryl methyl sites for hydroxylation is 1. The lowest BCUT2D eigenvalue weighted by Gasteiger charge is -2.05. The zero-order chi connectivity index (χ0) is 10.6. The van der Waals surface area contributed by atoms with Crippen LogP contribution in [0.4, 0.5) is 10.1 Å². The number of benzene rings is 1. The maximum Gasteiger partial charge on any atom is 0.126 e. The lowest BCUT2D eigenvalue weighted by molar-refractivity contribution is 0.619. The largest absolute Gasteiger partial charge is 0.382 e. The second kappa shape index (κ2) is 4.80. The second-order valence-corrected chi connectivity index (χ2v) is 3.63. The average molecular weight is 193 g/mol. The summed E-state index contributed by atoms with van der Waals surface area (Å²) in [6, 6.07) is 5.05. The van der Waals surface area contributed by atoms with E-state index in [4.69, 9.17) is 0 Å². The summed E-state index contributed by atoms with van der Waals surface area (Å²) < 4.78 is 12.9. The first-order valence-corrected chi connectivity index (χ1v) is 4.73. The van der Waals surface area contributed by atoms with Gasteiger partial charge in [0.05, 0.1) is 0 Å². The minimum atomic E-state index is -0.155. The highest BCUT2D eigenvalue weighted by atomic mass is 19.1. The molecule has 1 rings (SSSR count). The molecule has 1 aromatic rings. The van der Waals surface area contributed by atoms with Crippen LogP contribution in [0.3, 0.4) is 0 Å². The fraction of sp³-hybridized carbons (Fsp3) is 0.333. The van der Waals surface area contributed by atoms with Gasteiger partial charge in [0, 0.05) is 12.2 Å². The van der Waals surface area contributed by atoms with Gasteiger partial charge in [-0.25, -0.2) is 4.39 Å². The third kappa shape index (κ3) is 3.21. The molecular formula is C12H16FN. The Morgan fingerprint density at radius 2 is 2.14 bits per heavy atom. The van der Waals surface area contributed by atoms with Gasteiger partial charge in [-0.15, -0.1) is 0 Å². The highest BCUT2D eigenvalue weighted by Gasteiger charge is 1.96. The van der Waals surface area contributed by atoms with Crippen molar-refractivity contribution in [2.45, 2.75) is 20.8 Å². The van der Waals surface area contributed by atoms with E-state index in [9.17, 15) is 4.39 Å². The molecule has 0 aliphatic heterocycles. The van der Waals surface area contributed by atoms with E-state index in [1.54, 1.807) is 13.0 Å². The van der Waals surface area contributed by atoms with Gasteiger partial charge >= 0.3 is 0 Å². The number of halogens is 1. The Morgan fingerprint density at radius 1 is 1.43 bits per heavy atom. The standard InChI is InChI=1S/C12H16FN/c1-9(2)6-7-14-11-4-5-12(13)10(3)8-11/h4-6,8,14H,7H2,1-3H3. The van der Waals surface area contributed by atoms with E-state index in [-0.39, 0.29) is 5.82 Å². The Hall–Kier alpha value is -1.31. The van der Waals surface area contributed by atoms with Gasteiger partial charge in [0.2, 0.25) is 0 Å². The Kier molecular flexibility index (Phi) is 3.69. The molecule has 1 nitrogen and oxygen atoms in total. The summed E-state index contributed by atoms with van der Waals surface area (Å²) in [5.74, 6) is -0.155. The third-order valence-corrected chi connectivity index (χ3v) is 1.97. The number of allylic oxidation sites excluding steroid dienone is 1. The average Bonchev–Trinajstić information content (AvgIpc) is 2.10. The lowest BCUT2D eigenvalue weighted by atomic mass is 10.2. The van der Waals surface area contributed by atoms with E-state index >= 15 is 0 Å². The summed E-state index contributed by atoms with van der Waals surface area (Å²) in [7, 11) is 0. The molecule has 0 bridgehead atoms. The first-order valence-electron chi connectivity index (χ1n) is 4.73. The molecule has 0 aliphatic carbocycles. The van der Waals surface area contributed by atoms with Crippen LogP contribution in [0.15, 0.2) is 29.8 Å². The molecule has 0 saturated heterocycles. The van der Waals surface area contributed by atoms with Crippen molar-refractivity contribution in [1.29, 1.82) is 0 Å². The summed E-state index contributed by atoms with van der Waals surface area (Å²) in [6.07, 6.45) is 2.10. The smallest absolute Gasteiger partial charge is 0.126 e. The number of hydrogen-bond donors (Lipinski definition) is 1. The highest BCUT2D eigenvalue weighted by Crippen LogP contribution is 2.13. The quantitative estimate of drug-likeness (QED) is 0.724. The third-order valence-electron chi connectivity index (χ3n) is 1.97. The molecule has 1 aromatic carbocycles. The molecule has 2 heteroatoms. The number of anilines is 1. The van der Waals surface area contributed by atoms with Crippen LogP contribution in [-0.4, -0.2) is 6.54 Å². The normalized spacial score (nSPS) is 9.71. The zero-order valence-electron chi connectivity index (χ0n) is 8.89. The molecular weight excluding hydrogens is 177 g/mol. The molecule has 0 radical (unpaired) electrons. The fourth-order valence-electron chi connectivity index (χ4n) is 1.13. The van der Waals surface area contributed by atoms with Crippen molar-refractivity contribution in [3.8, 4) is 0 Å². The van der Waals surface area contributed by atoms with E-state index in [0.29, 0.717) is 5.56 Å². The van der Waals surface area contributed by atoms with Gasteiger partial charge in [-0.3, -0.25) is 0 Å². The lowest BCUT2D eigenvalue weighted by Crippen LogP contribution is -1.99. The Morgan fingerprint density at radius 3 is 2.71 bits per heavy atom. The molecule has 0 aliphatic rings. The predicted octanol–water partition coefficient (Wildman–Crippen LogP) is 3.51. The monoisotopic (exact) mass is 193 g/mol. The van der Waals surface area contributed by atoms with E-state index in [2.05, 4.69) is 25.2 Å². The van der Waals surface area contributed by atoms with Crippen LogP contribution in [-0.2, 0) is 0 Å². The van der Waals surface area contributed by atoms with Gasteiger partial charge < -0.3 is 5.32 Å². The van der Waals surface area contributed by atoms with E-state index in [0.717, 1.165) is 12.2 Å². The van der Waals surface area contributed by atoms with Crippen LogP contribution in [0.25, 0.3) is 0 Å². The minimum Gasteiger partial charge on any atom is -0.382 e. The number of rotatable bonds is 3. The van der Waals surface area contributed by atoms with Gasteiger partial charge in [0.25, 0.3) is 0 Å². The molecule has 1 N–H and O–H groups in total. The first-order chi connectivity index (χ1) is 6.59. The van der Waals surface area contributed by atoms with Crippen LogP contribution in [0.1, 0.15) is 19.4 Å². The molecule has 0 spiro atoms. The summed E-state index contributed by atoms with van der Waals surface area (Å²) in [5.41, 5.74) is 2.91. The second-order valence-electron chi connectivity index (χ2n) is 3.63. The van der Waals surface area contributed by atoms with Crippen LogP contribution < -0.4 is 5.32 Å². The van der Waals surface area contributed by atoms with Crippen molar-refractivity contribution in [2.75, 3.05) is 11.9 Å². The fourth-order valence-corrected chi connectivity index (χ4v) is 1.13. The molecule has 0 amide bonds. The van der Waals surface area contributed by atoms with E-state index < -0.39 is 0 Å². The van der Waals surface area contributed by atoms with E-state index in [1.807, 2.05) is 6.07 Å². The van der Waals surface area contributed by atoms with E-state index in [1.165, 1.54) is 11.6 Å². The maximum atomic E-state index is 12.9. The van der Waals surface area contributed by atoms with Crippen LogP contribution in [0.5, 0.6) is 0 Å². The summed E-state index contributed by atoms with van der Waals surface area (Å²) in [5, 5.41) is 3.20. The van der Waals surface area contributed by atoms with Crippen LogP contribution in [0, 0.1) is 12.7 Å². The molecule has 0 heterocycles. The van der Waals surface area contributed by atoms with Gasteiger partial charge in [0.1, 0.15) is 5.82 Å². The van der Waals surface area contributed by atoms with Gasteiger partial charge in [-0.1, -0.05) is 11.6 Å². The molecule has 0 atom stereocenters. The van der Waals surface area contributed by atoms with Crippen LogP contribution in [0.2, 0.25) is 0 Å². The molecule has 76 valence electrons. The van der Waals surface area contributed by atoms with Gasteiger partial charge in [-0.2, -0.15) is 0 Å². The molecule has 0 unspecified atom stereocenters. The van der Waals surface area contributed by atoms with Crippen molar-refractivity contribution in [1.82, 2.24) is 0 Å². The number of nitrogens with one attached hydrogen (secondary N) is 1. The summed E-state index contributed by atoms with van der Waals surface area (Å²) in [4.78, 5) is 0. The Balaban J connectivity index is 2.60. The topological polar surface area (TPSA) is 12.0 Å². The summed E-state index contributed by atoms with van der Waals surface area (Å²) >= 11 is 0. The van der Waals surface area contributed by atoms with Gasteiger partial charge in [-0.05, 0) is 44.5 Å².